The average Bonchev–Trinajstić information content (AvgIpc) is 2.95. The van der Waals surface area contributed by atoms with Crippen LogP contribution in [-0.2, 0) is 0 Å². The fourth-order valence-electron chi connectivity index (χ4n) is 2.00. The van der Waals surface area contributed by atoms with Crippen LogP contribution in [0.25, 0.3) is 17.1 Å². The van der Waals surface area contributed by atoms with Crippen LogP contribution in [-0.4, -0.2) is 14.8 Å². The van der Waals surface area contributed by atoms with E-state index in [0.29, 0.717) is 17.1 Å². The Kier molecular flexibility index (Phi) is 3.16. The molecular formula is C15H8F2N4. The Hall–Kier alpha value is -3.07. The van der Waals surface area contributed by atoms with Crippen molar-refractivity contribution in [2.45, 2.75) is 0 Å². The van der Waals surface area contributed by atoms with E-state index in [0.717, 1.165) is 12.1 Å². The van der Waals surface area contributed by atoms with Crippen molar-refractivity contribution >= 4 is 0 Å². The summed E-state index contributed by atoms with van der Waals surface area (Å²) in [6.07, 6.45) is 2.95. The zero-order chi connectivity index (χ0) is 14.8. The van der Waals surface area contributed by atoms with E-state index < -0.39 is 11.6 Å². The minimum atomic E-state index is -0.981. The fraction of sp³-hybridized carbons (Fsp3) is 0. The molecule has 0 bridgehead atoms. The van der Waals surface area contributed by atoms with Crippen LogP contribution in [0.1, 0.15) is 5.56 Å². The number of nitriles is 1. The molecule has 0 amide bonds. The first-order chi connectivity index (χ1) is 10.2. The summed E-state index contributed by atoms with van der Waals surface area (Å²) >= 11 is 0. The second-order valence-electron chi connectivity index (χ2n) is 4.25. The molecule has 2 heterocycles. The molecule has 3 aromatic rings. The predicted octanol–water partition coefficient (Wildman–Crippen LogP) is 3.08. The molecular weight excluding hydrogens is 274 g/mol. The predicted molar refractivity (Wildman–Crippen MR) is 71.4 cm³/mol. The van der Waals surface area contributed by atoms with Gasteiger partial charge >= 0.3 is 0 Å². The lowest BCUT2D eigenvalue weighted by molar-refractivity contribution is 0.509. The summed E-state index contributed by atoms with van der Waals surface area (Å²) in [4.78, 5) is 4.15. The van der Waals surface area contributed by atoms with Crippen molar-refractivity contribution in [3.63, 3.8) is 0 Å². The van der Waals surface area contributed by atoms with E-state index in [-0.39, 0.29) is 5.56 Å². The van der Waals surface area contributed by atoms with Crippen molar-refractivity contribution in [3.8, 4) is 23.1 Å². The highest BCUT2D eigenvalue weighted by atomic mass is 19.2. The van der Waals surface area contributed by atoms with Gasteiger partial charge in [-0.25, -0.2) is 18.4 Å². The molecule has 6 heteroatoms. The minimum Gasteiger partial charge on any atom is -0.237 e. The summed E-state index contributed by atoms with van der Waals surface area (Å²) in [5, 5.41) is 13.3. The number of hydrogen-bond donors (Lipinski definition) is 0. The third kappa shape index (κ3) is 2.25. The van der Waals surface area contributed by atoms with Gasteiger partial charge in [-0.15, -0.1) is 0 Å². The number of benzene rings is 1. The van der Waals surface area contributed by atoms with E-state index in [9.17, 15) is 14.0 Å². The molecule has 0 aliphatic heterocycles. The largest absolute Gasteiger partial charge is 0.237 e. The van der Waals surface area contributed by atoms with Gasteiger partial charge in [0.25, 0.3) is 0 Å². The lowest BCUT2D eigenvalue weighted by Gasteiger charge is -2.07. The van der Waals surface area contributed by atoms with Crippen molar-refractivity contribution in [3.05, 3.63) is 66.0 Å². The Balaban J connectivity index is 2.24. The van der Waals surface area contributed by atoms with Crippen LogP contribution < -0.4 is 0 Å². The molecule has 0 saturated carbocycles. The second kappa shape index (κ2) is 5.13. The van der Waals surface area contributed by atoms with E-state index in [2.05, 4.69) is 10.1 Å². The molecule has 1 aromatic carbocycles. The maximum absolute atomic E-state index is 13.4. The highest BCUT2D eigenvalue weighted by molar-refractivity contribution is 5.68. The van der Waals surface area contributed by atoms with E-state index in [1.165, 1.54) is 16.9 Å². The maximum Gasteiger partial charge on any atom is 0.159 e. The lowest BCUT2D eigenvalue weighted by Crippen LogP contribution is -2.02. The topological polar surface area (TPSA) is 54.5 Å². The third-order valence-electron chi connectivity index (χ3n) is 2.95. The first-order valence-electron chi connectivity index (χ1n) is 6.05. The van der Waals surface area contributed by atoms with Crippen LogP contribution in [0.5, 0.6) is 0 Å². The Morgan fingerprint density at radius 1 is 1.10 bits per heavy atom. The Bertz CT molecular complexity index is 835. The molecule has 0 saturated heterocycles. The highest BCUT2D eigenvalue weighted by Gasteiger charge is 2.16. The van der Waals surface area contributed by atoms with Crippen molar-refractivity contribution in [2.24, 2.45) is 0 Å². The molecule has 0 atom stereocenters. The van der Waals surface area contributed by atoms with Gasteiger partial charge < -0.3 is 0 Å². The molecule has 102 valence electrons. The molecule has 4 nitrogen and oxygen atoms in total. The van der Waals surface area contributed by atoms with E-state index >= 15 is 0 Å². The molecule has 0 fully saturated rings. The van der Waals surface area contributed by atoms with Gasteiger partial charge in [-0.1, -0.05) is 6.07 Å². The summed E-state index contributed by atoms with van der Waals surface area (Å²) in [6.45, 7) is 0. The zero-order valence-electron chi connectivity index (χ0n) is 10.7. The van der Waals surface area contributed by atoms with Crippen molar-refractivity contribution < 1.29 is 8.78 Å². The standard InChI is InChI=1S/C15H8F2N4/c16-12-5-4-10(7-13(12)17)15-11(8-18)9-20-21(15)14-3-1-2-6-19-14/h1-7,9H. The summed E-state index contributed by atoms with van der Waals surface area (Å²) in [5.74, 6) is -1.44. The maximum atomic E-state index is 13.4. The molecule has 2 aromatic heterocycles. The molecule has 0 aliphatic carbocycles. The number of aromatic nitrogens is 3. The van der Waals surface area contributed by atoms with Gasteiger partial charge in [0.1, 0.15) is 6.07 Å². The van der Waals surface area contributed by atoms with E-state index in [1.807, 2.05) is 6.07 Å². The van der Waals surface area contributed by atoms with Gasteiger partial charge in [-0.3, -0.25) is 0 Å². The van der Waals surface area contributed by atoms with Crippen molar-refractivity contribution in [2.75, 3.05) is 0 Å². The number of halogens is 2. The Morgan fingerprint density at radius 3 is 2.62 bits per heavy atom. The summed E-state index contributed by atoms with van der Waals surface area (Å²) in [6, 6.07) is 10.7. The number of hydrogen-bond acceptors (Lipinski definition) is 3. The van der Waals surface area contributed by atoms with Crippen LogP contribution in [0.15, 0.2) is 48.8 Å². The van der Waals surface area contributed by atoms with Gasteiger partial charge in [0.05, 0.1) is 17.5 Å². The molecule has 0 radical (unpaired) electrons. The SMILES string of the molecule is N#Cc1cnn(-c2ccccn2)c1-c1ccc(F)c(F)c1. The fourth-order valence-corrected chi connectivity index (χ4v) is 2.00. The summed E-state index contributed by atoms with van der Waals surface area (Å²) in [5.41, 5.74) is 0.982. The molecule has 0 aliphatic rings. The Morgan fingerprint density at radius 2 is 1.95 bits per heavy atom. The summed E-state index contributed by atoms with van der Waals surface area (Å²) in [7, 11) is 0. The van der Waals surface area contributed by atoms with Gasteiger partial charge in [0.15, 0.2) is 17.5 Å². The minimum absolute atomic E-state index is 0.256. The van der Waals surface area contributed by atoms with Gasteiger partial charge in [-0.2, -0.15) is 10.4 Å². The number of pyridine rings is 1. The quantitative estimate of drug-likeness (QED) is 0.725. The van der Waals surface area contributed by atoms with Crippen molar-refractivity contribution in [1.82, 2.24) is 14.8 Å². The Labute approximate surface area is 118 Å². The lowest BCUT2D eigenvalue weighted by atomic mass is 10.1. The first kappa shape index (κ1) is 12.9. The molecule has 3 rings (SSSR count). The van der Waals surface area contributed by atoms with Crippen LogP contribution in [0.2, 0.25) is 0 Å². The molecule has 0 unspecified atom stereocenters. The van der Waals surface area contributed by atoms with Gasteiger partial charge in [0.2, 0.25) is 0 Å². The van der Waals surface area contributed by atoms with E-state index in [1.54, 1.807) is 24.4 Å². The van der Waals surface area contributed by atoms with E-state index in [4.69, 9.17) is 0 Å². The second-order valence-corrected chi connectivity index (χ2v) is 4.25. The van der Waals surface area contributed by atoms with Crippen LogP contribution in [0.4, 0.5) is 8.78 Å². The van der Waals surface area contributed by atoms with Crippen molar-refractivity contribution in [1.29, 1.82) is 5.26 Å². The van der Waals surface area contributed by atoms with Gasteiger partial charge in [0, 0.05) is 11.8 Å². The van der Waals surface area contributed by atoms with Crippen LogP contribution >= 0.6 is 0 Å². The first-order valence-corrected chi connectivity index (χ1v) is 6.05. The van der Waals surface area contributed by atoms with Crippen LogP contribution in [0, 0.1) is 23.0 Å². The average molecular weight is 282 g/mol. The third-order valence-corrected chi connectivity index (χ3v) is 2.95. The molecule has 21 heavy (non-hydrogen) atoms. The summed E-state index contributed by atoms with van der Waals surface area (Å²) < 4.78 is 27.9. The van der Waals surface area contributed by atoms with Gasteiger partial charge in [-0.05, 0) is 30.3 Å². The molecule has 0 spiro atoms. The highest BCUT2D eigenvalue weighted by Crippen LogP contribution is 2.26. The monoisotopic (exact) mass is 282 g/mol. The smallest absolute Gasteiger partial charge is 0.159 e. The molecule has 0 N–H and O–H groups in total. The van der Waals surface area contributed by atoms with Crippen LogP contribution in [0.3, 0.4) is 0 Å². The number of rotatable bonds is 2. The zero-order valence-corrected chi connectivity index (χ0v) is 10.7. The number of nitrogens with zero attached hydrogens (tertiary/aromatic N) is 4. The normalized spacial score (nSPS) is 10.3.